The monoisotopic (exact) mass is 335 g/mol. The molecule has 0 bridgehead atoms. The molecule has 0 aliphatic heterocycles. The maximum atomic E-state index is 11.9. The number of carbonyl (C=O) groups excluding carboxylic acids is 1. The first-order valence-corrected chi connectivity index (χ1v) is 8.41. The van der Waals surface area contributed by atoms with Crippen molar-refractivity contribution in [3.63, 3.8) is 0 Å². The molecule has 0 spiro atoms. The molecule has 1 heterocycles. The van der Waals surface area contributed by atoms with Gasteiger partial charge in [0, 0.05) is 24.9 Å². The second-order valence-corrected chi connectivity index (χ2v) is 5.95. The zero-order chi connectivity index (χ0) is 17.5. The molecule has 0 atom stereocenters. The van der Waals surface area contributed by atoms with E-state index in [9.17, 15) is 4.79 Å². The molecule has 1 N–H and O–H groups in total. The molecular weight excluding hydrogens is 314 g/mol. The maximum Gasteiger partial charge on any atom is 0.247 e. The van der Waals surface area contributed by atoms with Gasteiger partial charge in [0.05, 0.1) is 0 Å². The molecule has 0 aliphatic carbocycles. The fourth-order valence-corrected chi connectivity index (χ4v) is 2.47. The minimum absolute atomic E-state index is 0.00832. The Kier molecular flexibility index (Phi) is 5.57. The minimum atomic E-state index is -0.00832. The van der Waals surface area contributed by atoms with E-state index in [2.05, 4.69) is 27.6 Å². The summed E-state index contributed by atoms with van der Waals surface area (Å²) in [6, 6.07) is 18.0. The van der Waals surface area contributed by atoms with E-state index < -0.39 is 0 Å². The van der Waals surface area contributed by atoms with E-state index in [1.807, 2.05) is 49.4 Å². The topological polar surface area (TPSA) is 68.0 Å². The number of amides is 1. The molecule has 5 heteroatoms. The van der Waals surface area contributed by atoms with Gasteiger partial charge in [-0.25, -0.2) is 0 Å². The average Bonchev–Trinajstić information content (AvgIpc) is 3.10. The molecule has 0 saturated carbocycles. The third-order valence-corrected chi connectivity index (χ3v) is 3.91. The van der Waals surface area contributed by atoms with E-state index in [0.717, 1.165) is 12.0 Å². The molecule has 0 aliphatic rings. The van der Waals surface area contributed by atoms with Crippen molar-refractivity contribution in [2.45, 2.75) is 26.2 Å². The molecule has 1 amide bonds. The second kappa shape index (κ2) is 8.24. The van der Waals surface area contributed by atoms with Crippen LogP contribution in [0.2, 0.25) is 0 Å². The Balaban J connectivity index is 1.44. The Morgan fingerprint density at radius 1 is 1.00 bits per heavy atom. The highest BCUT2D eigenvalue weighted by molar-refractivity contribution is 5.76. The largest absolute Gasteiger partial charge is 0.421 e. The first-order valence-electron chi connectivity index (χ1n) is 8.41. The van der Waals surface area contributed by atoms with Crippen molar-refractivity contribution in [3.8, 4) is 11.5 Å². The summed E-state index contributed by atoms with van der Waals surface area (Å²) in [7, 11) is 0. The second-order valence-electron chi connectivity index (χ2n) is 5.95. The van der Waals surface area contributed by atoms with Gasteiger partial charge in [-0.1, -0.05) is 48.0 Å². The Morgan fingerprint density at radius 3 is 2.52 bits per heavy atom. The van der Waals surface area contributed by atoms with Crippen LogP contribution < -0.4 is 5.32 Å². The predicted molar refractivity (Wildman–Crippen MR) is 95.9 cm³/mol. The van der Waals surface area contributed by atoms with Crippen LogP contribution in [0.15, 0.2) is 59.0 Å². The number of nitrogens with one attached hydrogen (secondary N) is 1. The van der Waals surface area contributed by atoms with Gasteiger partial charge >= 0.3 is 0 Å². The van der Waals surface area contributed by atoms with Gasteiger partial charge in [0.25, 0.3) is 0 Å². The van der Waals surface area contributed by atoms with Gasteiger partial charge in [0.15, 0.2) is 0 Å². The van der Waals surface area contributed by atoms with Gasteiger partial charge in [-0.2, -0.15) is 0 Å². The van der Waals surface area contributed by atoms with Crippen LogP contribution in [0.5, 0.6) is 0 Å². The predicted octanol–water partition coefficient (Wildman–Crippen LogP) is 3.34. The molecule has 0 unspecified atom stereocenters. The normalized spacial score (nSPS) is 10.6. The van der Waals surface area contributed by atoms with Gasteiger partial charge in [0.1, 0.15) is 0 Å². The Morgan fingerprint density at radius 2 is 1.76 bits per heavy atom. The number of aryl methyl sites for hydroxylation is 2. The fraction of sp³-hybridized carbons (Fsp3) is 0.250. The van der Waals surface area contributed by atoms with Gasteiger partial charge in [-0.05, 0) is 31.0 Å². The van der Waals surface area contributed by atoms with Crippen LogP contribution in [0.1, 0.15) is 23.4 Å². The molecule has 3 rings (SSSR count). The summed E-state index contributed by atoms with van der Waals surface area (Å²) >= 11 is 0. The lowest BCUT2D eigenvalue weighted by atomic mass is 10.1. The molecule has 1 aromatic heterocycles. The van der Waals surface area contributed by atoms with Crippen LogP contribution in [0.3, 0.4) is 0 Å². The fourth-order valence-electron chi connectivity index (χ4n) is 2.47. The van der Waals surface area contributed by atoms with Crippen molar-refractivity contribution in [3.05, 3.63) is 71.6 Å². The number of carbonyl (C=O) groups is 1. The number of hydrogen-bond donors (Lipinski definition) is 1. The highest BCUT2D eigenvalue weighted by atomic mass is 16.4. The van der Waals surface area contributed by atoms with E-state index >= 15 is 0 Å². The standard InChI is InChI=1S/C20H21N3O2/c1-15-7-9-17(10-8-15)20-23-22-19(25-20)12-11-18(24)21-14-13-16-5-3-2-4-6-16/h2-10H,11-14H2,1H3,(H,21,24). The van der Waals surface area contributed by atoms with Crippen molar-refractivity contribution in [2.75, 3.05) is 6.54 Å². The summed E-state index contributed by atoms with van der Waals surface area (Å²) in [6.07, 6.45) is 1.60. The van der Waals surface area contributed by atoms with Gasteiger partial charge in [-0.3, -0.25) is 4.79 Å². The van der Waals surface area contributed by atoms with Gasteiger partial charge < -0.3 is 9.73 Å². The molecule has 128 valence electrons. The summed E-state index contributed by atoms with van der Waals surface area (Å²) in [6.45, 7) is 2.65. The van der Waals surface area contributed by atoms with Crippen LogP contribution in [0, 0.1) is 6.92 Å². The van der Waals surface area contributed by atoms with Crippen LogP contribution in [-0.4, -0.2) is 22.6 Å². The minimum Gasteiger partial charge on any atom is -0.421 e. The number of aromatic nitrogens is 2. The number of nitrogens with zero attached hydrogens (tertiary/aromatic N) is 2. The zero-order valence-electron chi connectivity index (χ0n) is 14.2. The van der Waals surface area contributed by atoms with Crippen LogP contribution in [0.4, 0.5) is 0 Å². The van der Waals surface area contributed by atoms with E-state index in [0.29, 0.717) is 31.2 Å². The average molecular weight is 335 g/mol. The molecule has 3 aromatic rings. The first kappa shape index (κ1) is 16.9. The molecule has 0 saturated heterocycles. The lowest BCUT2D eigenvalue weighted by Crippen LogP contribution is -2.25. The molecule has 5 nitrogen and oxygen atoms in total. The smallest absolute Gasteiger partial charge is 0.247 e. The van der Waals surface area contributed by atoms with E-state index in [1.165, 1.54) is 11.1 Å². The maximum absolute atomic E-state index is 11.9. The van der Waals surface area contributed by atoms with Crippen molar-refractivity contribution in [1.82, 2.24) is 15.5 Å². The molecule has 25 heavy (non-hydrogen) atoms. The summed E-state index contributed by atoms with van der Waals surface area (Å²) < 4.78 is 5.63. The van der Waals surface area contributed by atoms with Crippen molar-refractivity contribution in [2.24, 2.45) is 0 Å². The number of hydrogen-bond acceptors (Lipinski definition) is 4. The summed E-state index contributed by atoms with van der Waals surface area (Å²) in [4.78, 5) is 11.9. The molecule has 0 fully saturated rings. The molecule has 2 aromatic carbocycles. The van der Waals surface area contributed by atoms with Crippen LogP contribution >= 0.6 is 0 Å². The highest BCUT2D eigenvalue weighted by Gasteiger charge is 2.10. The Bertz CT molecular complexity index is 810. The van der Waals surface area contributed by atoms with E-state index in [-0.39, 0.29) is 5.91 Å². The third-order valence-electron chi connectivity index (χ3n) is 3.91. The summed E-state index contributed by atoms with van der Waals surface area (Å²) in [5.41, 5.74) is 3.27. The zero-order valence-corrected chi connectivity index (χ0v) is 14.2. The molecule has 0 radical (unpaired) electrons. The Hall–Kier alpha value is -2.95. The van der Waals surface area contributed by atoms with E-state index in [4.69, 9.17) is 4.42 Å². The van der Waals surface area contributed by atoms with Crippen molar-refractivity contribution < 1.29 is 9.21 Å². The SMILES string of the molecule is Cc1ccc(-c2nnc(CCC(=O)NCCc3ccccc3)o2)cc1. The van der Waals surface area contributed by atoms with Gasteiger partial charge in [0.2, 0.25) is 17.7 Å². The Labute approximate surface area is 147 Å². The summed E-state index contributed by atoms with van der Waals surface area (Å²) in [5, 5.41) is 11.0. The van der Waals surface area contributed by atoms with Crippen molar-refractivity contribution in [1.29, 1.82) is 0 Å². The van der Waals surface area contributed by atoms with E-state index in [1.54, 1.807) is 0 Å². The first-order chi connectivity index (χ1) is 12.2. The lowest BCUT2D eigenvalue weighted by Gasteiger charge is -2.04. The third kappa shape index (κ3) is 5.01. The van der Waals surface area contributed by atoms with Crippen LogP contribution in [0.25, 0.3) is 11.5 Å². The quantitative estimate of drug-likeness (QED) is 0.719. The van der Waals surface area contributed by atoms with Gasteiger partial charge in [-0.15, -0.1) is 10.2 Å². The number of rotatable bonds is 7. The van der Waals surface area contributed by atoms with Crippen molar-refractivity contribution >= 4 is 5.91 Å². The highest BCUT2D eigenvalue weighted by Crippen LogP contribution is 2.18. The van der Waals surface area contributed by atoms with Crippen LogP contribution in [-0.2, 0) is 17.6 Å². The molecular formula is C20H21N3O2. The lowest BCUT2D eigenvalue weighted by molar-refractivity contribution is -0.121. The number of benzene rings is 2. The summed E-state index contributed by atoms with van der Waals surface area (Å²) in [5.74, 6) is 0.958.